The smallest absolute Gasteiger partial charge is 0.319 e. The Morgan fingerprint density at radius 2 is 1.92 bits per heavy atom. The molecule has 1 aromatic heterocycles. The minimum Gasteiger partial charge on any atom is -0.461 e. The van der Waals surface area contributed by atoms with Gasteiger partial charge in [-0.3, -0.25) is 9.69 Å². The highest BCUT2D eigenvalue weighted by Gasteiger charge is 2.57. The number of amides is 1. The highest BCUT2D eigenvalue weighted by Crippen LogP contribution is 2.46. The van der Waals surface area contributed by atoms with Crippen molar-refractivity contribution in [2.75, 3.05) is 50.8 Å². The maximum Gasteiger partial charge on any atom is 0.319 e. The summed E-state index contributed by atoms with van der Waals surface area (Å²) in [6, 6.07) is 9.86. The lowest BCUT2D eigenvalue weighted by Crippen LogP contribution is -2.56. The van der Waals surface area contributed by atoms with Gasteiger partial charge in [0, 0.05) is 42.4 Å². The van der Waals surface area contributed by atoms with Crippen LogP contribution in [0.1, 0.15) is 19.3 Å². The van der Waals surface area contributed by atoms with Crippen molar-refractivity contribution in [2.24, 2.45) is 0 Å². The zero-order valence-corrected chi connectivity index (χ0v) is 26.9. The average molecular weight is 697 g/mol. The SMILES string of the molecule is [C-]#[N+]C[C@H]1CN(c2nc(OC[C@@]34CCCN3CC(F)(F)C4)nc3c(F)c(-c4cccc5cccc(F)c45)c(Cl)cc23)CCN1C(=O)C(=C)F. The van der Waals surface area contributed by atoms with Crippen LogP contribution in [0.15, 0.2) is 54.9 Å². The average Bonchev–Trinajstić information content (AvgIpc) is 3.55. The van der Waals surface area contributed by atoms with Crippen LogP contribution < -0.4 is 9.64 Å². The van der Waals surface area contributed by atoms with Gasteiger partial charge in [-0.2, -0.15) is 9.97 Å². The first-order chi connectivity index (χ1) is 23.4. The fourth-order valence-corrected chi connectivity index (χ4v) is 7.91. The van der Waals surface area contributed by atoms with Crippen molar-refractivity contribution < 1.29 is 31.5 Å². The van der Waals surface area contributed by atoms with Crippen LogP contribution in [0.3, 0.4) is 0 Å². The summed E-state index contributed by atoms with van der Waals surface area (Å²) in [5.74, 6) is -6.26. The Labute approximate surface area is 283 Å². The second-order valence-electron chi connectivity index (χ2n) is 12.8. The van der Waals surface area contributed by atoms with Gasteiger partial charge in [-0.25, -0.2) is 28.5 Å². The minimum atomic E-state index is -2.88. The van der Waals surface area contributed by atoms with Crippen LogP contribution in [-0.2, 0) is 4.79 Å². The molecule has 3 aromatic carbocycles. The predicted octanol–water partition coefficient (Wildman–Crippen LogP) is 7.05. The van der Waals surface area contributed by atoms with Crippen molar-refractivity contribution in [3.05, 3.63) is 82.9 Å². The van der Waals surface area contributed by atoms with Crippen molar-refractivity contribution in [2.45, 2.75) is 36.8 Å². The van der Waals surface area contributed by atoms with Crippen molar-refractivity contribution in [1.82, 2.24) is 19.8 Å². The van der Waals surface area contributed by atoms with Gasteiger partial charge < -0.3 is 19.4 Å². The largest absolute Gasteiger partial charge is 0.461 e. The fraction of sp³-hybridized carbons (Fsp3) is 0.371. The first-order valence-corrected chi connectivity index (χ1v) is 16.2. The molecule has 0 spiro atoms. The van der Waals surface area contributed by atoms with E-state index in [9.17, 15) is 18.0 Å². The molecule has 3 saturated heterocycles. The van der Waals surface area contributed by atoms with E-state index in [4.69, 9.17) is 22.9 Å². The van der Waals surface area contributed by atoms with Crippen molar-refractivity contribution in [1.29, 1.82) is 0 Å². The van der Waals surface area contributed by atoms with Crippen molar-refractivity contribution >= 4 is 45.0 Å². The van der Waals surface area contributed by atoms with E-state index in [-0.39, 0.29) is 83.6 Å². The number of hydrogen-bond donors (Lipinski definition) is 0. The number of carbonyl (C=O) groups is 1. The molecule has 0 unspecified atom stereocenters. The summed E-state index contributed by atoms with van der Waals surface area (Å²) in [7, 11) is 0. The van der Waals surface area contributed by atoms with Gasteiger partial charge in [0.05, 0.1) is 17.1 Å². The summed E-state index contributed by atoms with van der Waals surface area (Å²) in [4.78, 5) is 29.7. The minimum absolute atomic E-state index is 0.000377. The molecule has 14 heteroatoms. The molecule has 0 bridgehead atoms. The van der Waals surface area contributed by atoms with Gasteiger partial charge >= 0.3 is 6.01 Å². The number of halogens is 6. The highest BCUT2D eigenvalue weighted by atomic mass is 35.5. The Balaban J connectivity index is 1.35. The van der Waals surface area contributed by atoms with E-state index in [0.29, 0.717) is 18.4 Å². The second-order valence-corrected chi connectivity index (χ2v) is 13.2. The van der Waals surface area contributed by atoms with E-state index in [1.165, 1.54) is 17.0 Å². The first kappa shape index (κ1) is 33.0. The van der Waals surface area contributed by atoms with Gasteiger partial charge in [0.1, 0.15) is 29.8 Å². The van der Waals surface area contributed by atoms with E-state index in [1.54, 1.807) is 40.1 Å². The standard InChI is InChI=1S/C35H30ClF5N6O2/c1-20(37)32(48)47-13-12-45(16-22(47)15-42-2)31-24-14-25(36)28(23-8-3-6-21-7-4-9-26(38)27(21)23)29(39)30(24)43-33(44-31)49-19-34-10-5-11-46(34)18-35(40,41)17-34/h3-4,6-9,14,22H,1,5,10-13,15-19H2/t22-,34-/m0/s1. The number of anilines is 1. The lowest BCUT2D eigenvalue weighted by atomic mass is 9.94. The molecule has 4 heterocycles. The predicted molar refractivity (Wildman–Crippen MR) is 175 cm³/mol. The quantitative estimate of drug-likeness (QED) is 0.117. The van der Waals surface area contributed by atoms with Crippen LogP contribution in [0.4, 0.5) is 27.8 Å². The van der Waals surface area contributed by atoms with E-state index in [2.05, 4.69) is 21.4 Å². The fourth-order valence-electron chi connectivity index (χ4n) is 7.62. The maximum atomic E-state index is 16.9. The summed E-state index contributed by atoms with van der Waals surface area (Å²) in [6.07, 6.45) is 0.811. The number of ether oxygens (including phenoxy) is 1. The third-order valence-corrected chi connectivity index (χ3v) is 10.1. The molecule has 1 amide bonds. The Bertz CT molecular complexity index is 2050. The summed E-state index contributed by atoms with van der Waals surface area (Å²) < 4.78 is 81.0. The molecule has 0 radical (unpaired) electrons. The number of fused-ring (bicyclic) bond motifs is 3. The summed E-state index contributed by atoms with van der Waals surface area (Å²) in [5, 5.41) is 0.816. The molecule has 8 nitrogen and oxygen atoms in total. The van der Waals surface area contributed by atoms with Gasteiger partial charge in [-0.15, -0.1) is 0 Å². The van der Waals surface area contributed by atoms with Crippen LogP contribution in [-0.4, -0.2) is 89.1 Å². The molecule has 0 saturated carbocycles. The van der Waals surface area contributed by atoms with Crippen molar-refractivity contribution in [3.63, 3.8) is 0 Å². The molecule has 3 fully saturated rings. The zero-order valence-electron chi connectivity index (χ0n) is 26.2. The normalized spacial score (nSPS) is 22.0. The Hall–Kier alpha value is -4.54. The van der Waals surface area contributed by atoms with Crippen LogP contribution >= 0.6 is 11.6 Å². The van der Waals surface area contributed by atoms with E-state index >= 15 is 8.78 Å². The molecule has 49 heavy (non-hydrogen) atoms. The summed E-state index contributed by atoms with van der Waals surface area (Å²) in [6.45, 7) is 10.5. The number of alkyl halides is 2. The molecule has 3 aliphatic rings. The van der Waals surface area contributed by atoms with Crippen LogP contribution in [0, 0.1) is 18.2 Å². The maximum absolute atomic E-state index is 16.9. The van der Waals surface area contributed by atoms with E-state index < -0.39 is 47.3 Å². The Morgan fingerprint density at radius 1 is 1.14 bits per heavy atom. The molecular weight excluding hydrogens is 667 g/mol. The molecular formula is C35H30ClF5N6O2. The first-order valence-electron chi connectivity index (χ1n) is 15.8. The van der Waals surface area contributed by atoms with Crippen LogP contribution in [0.25, 0.3) is 37.6 Å². The lowest BCUT2D eigenvalue weighted by molar-refractivity contribution is -0.131. The molecule has 3 aliphatic heterocycles. The van der Waals surface area contributed by atoms with Gasteiger partial charge in [-0.1, -0.05) is 48.5 Å². The summed E-state index contributed by atoms with van der Waals surface area (Å²) in [5.41, 5.74) is -1.04. The third kappa shape index (κ3) is 5.80. The van der Waals surface area contributed by atoms with Gasteiger partial charge in [0.2, 0.25) is 6.54 Å². The zero-order chi connectivity index (χ0) is 34.7. The molecule has 254 valence electrons. The Morgan fingerprint density at radius 3 is 2.67 bits per heavy atom. The number of nitrogens with zero attached hydrogens (tertiary/aromatic N) is 6. The van der Waals surface area contributed by atoms with Gasteiger partial charge in [0.15, 0.2) is 11.6 Å². The topological polar surface area (TPSA) is 66.2 Å². The van der Waals surface area contributed by atoms with Gasteiger partial charge in [-0.05, 0) is 42.5 Å². The molecule has 7 rings (SSSR count). The van der Waals surface area contributed by atoms with Gasteiger partial charge in [0.25, 0.3) is 11.8 Å². The lowest BCUT2D eigenvalue weighted by Gasteiger charge is -2.39. The van der Waals surface area contributed by atoms with Crippen LogP contribution in [0.5, 0.6) is 6.01 Å². The monoisotopic (exact) mass is 696 g/mol. The highest BCUT2D eigenvalue weighted by molar-refractivity contribution is 6.35. The number of piperazine rings is 1. The summed E-state index contributed by atoms with van der Waals surface area (Å²) >= 11 is 6.77. The van der Waals surface area contributed by atoms with E-state index in [1.807, 2.05) is 0 Å². The van der Waals surface area contributed by atoms with Crippen molar-refractivity contribution in [3.8, 4) is 17.1 Å². The number of carbonyl (C=O) groups excluding carboxylic acids is 1. The second kappa shape index (κ2) is 12.4. The number of hydrogen-bond acceptors (Lipinski definition) is 6. The van der Waals surface area contributed by atoms with E-state index in [0.717, 1.165) is 6.42 Å². The Kier molecular flexibility index (Phi) is 8.35. The molecule has 0 N–H and O–H groups in total. The number of rotatable bonds is 7. The number of aromatic nitrogens is 2. The number of benzene rings is 3. The molecule has 4 aromatic rings. The van der Waals surface area contributed by atoms with Crippen LogP contribution in [0.2, 0.25) is 5.02 Å². The molecule has 0 aliphatic carbocycles. The molecule has 2 atom stereocenters. The third-order valence-electron chi connectivity index (χ3n) is 9.76.